The molecule has 0 radical (unpaired) electrons. The highest BCUT2D eigenvalue weighted by atomic mass is 32.2. The molecule has 138 valence electrons. The van der Waals surface area contributed by atoms with Crippen LogP contribution in [0.15, 0.2) is 54.6 Å². The number of nitrogens with zero attached hydrogens (tertiary/aromatic N) is 2. The molecule has 2 aromatic rings. The van der Waals surface area contributed by atoms with E-state index in [1.165, 1.54) is 0 Å². The summed E-state index contributed by atoms with van der Waals surface area (Å²) in [4.78, 5) is 2.25. The molecule has 4 rings (SSSR count). The van der Waals surface area contributed by atoms with Gasteiger partial charge in [0, 0.05) is 26.2 Å². The molecule has 0 aliphatic carbocycles. The fourth-order valence-electron chi connectivity index (χ4n) is 4.16. The predicted octanol–water partition coefficient (Wildman–Crippen LogP) is 2.88. The van der Waals surface area contributed by atoms with Crippen molar-refractivity contribution in [2.45, 2.75) is 24.1 Å². The van der Waals surface area contributed by atoms with Gasteiger partial charge in [-0.15, -0.1) is 0 Å². The molecule has 2 aromatic carbocycles. The Morgan fingerprint density at radius 3 is 2.58 bits per heavy atom. The molecule has 6 heteroatoms. The third-order valence-corrected chi connectivity index (χ3v) is 8.19. The first kappa shape index (κ1) is 17.4. The molecule has 0 amide bonds. The van der Waals surface area contributed by atoms with Gasteiger partial charge in [0.25, 0.3) is 0 Å². The van der Waals surface area contributed by atoms with Crippen molar-refractivity contribution in [2.75, 3.05) is 31.0 Å². The number of rotatable bonds is 4. The first-order valence-electron chi connectivity index (χ1n) is 8.97. The van der Waals surface area contributed by atoms with E-state index >= 15 is 0 Å². The molecule has 2 heterocycles. The molecule has 1 spiro atoms. The highest BCUT2D eigenvalue weighted by Gasteiger charge is 2.55. The summed E-state index contributed by atoms with van der Waals surface area (Å²) in [6.45, 7) is 2.72. The molecule has 5 nitrogen and oxygen atoms in total. The molecular weight excluding hydrogens is 348 g/mol. The lowest BCUT2D eigenvalue weighted by atomic mass is 10.0. The van der Waals surface area contributed by atoms with Gasteiger partial charge in [-0.05, 0) is 42.7 Å². The van der Waals surface area contributed by atoms with Crippen molar-refractivity contribution >= 4 is 15.7 Å². The highest BCUT2D eigenvalue weighted by molar-refractivity contribution is 7.94. The Bertz CT molecular complexity index is 885. The van der Waals surface area contributed by atoms with Crippen LogP contribution in [0.5, 0.6) is 5.75 Å². The molecular formula is C20H24N2O3S. The zero-order valence-electron chi connectivity index (χ0n) is 15.0. The van der Waals surface area contributed by atoms with E-state index in [2.05, 4.69) is 11.0 Å². The van der Waals surface area contributed by atoms with E-state index in [0.717, 1.165) is 30.1 Å². The molecule has 0 saturated carbocycles. The zero-order valence-corrected chi connectivity index (χ0v) is 15.8. The number of hydrogen-bond acceptors (Lipinski definition) is 4. The van der Waals surface area contributed by atoms with Gasteiger partial charge in [-0.1, -0.05) is 30.3 Å². The molecule has 2 fully saturated rings. The number of anilines is 1. The van der Waals surface area contributed by atoms with E-state index in [1.807, 2.05) is 48.5 Å². The van der Waals surface area contributed by atoms with E-state index in [9.17, 15) is 8.42 Å². The van der Waals surface area contributed by atoms with Crippen LogP contribution in [-0.4, -0.2) is 44.8 Å². The van der Waals surface area contributed by atoms with Crippen LogP contribution < -0.4 is 9.04 Å². The van der Waals surface area contributed by atoms with Crippen molar-refractivity contribution in [3.05, 3.63) is 60.2 Å². The van der Waals surface area contributed by atoms with Gasteiger partial charge in [-0.2, -0.15) is 0 Å². The second-order valence-electron chi connectivity index (χ2n) is 7.16. The minimum atomic E-state index is -3.35. The van der Waals surface area contributed by atoms with Crippen LogP contribution in [0, 0.1) is 0 Å². The summed E-state index contributed by atoms with van der Waals surface area (Å²) in [5, 5.41) is 0. The smallest absolute Gasteiger partial charge is 0.242 e. The molecule has 0 N–H and O–H groups in total. The molecule has 0 unspecified atom stereocenters. The van der Waals surface area contributed by atoms with E-state index in [-0.39, 0.29) is 0 Å². The number of methoxy groups -OCH3 is 1. The number of ether oxygens (including phenoxy) is 1. The average Bonchev–Trinajstić information content (AvgIpc) is 3.18. The van der Waals surface area contributed by atoms with E-state index < -0.39 is 14.8 Å². The lowest BCUT2D eigenvalue weighted by Crippen LogP contribution is -2.42. The van der Waals surface area contributed by atoms with Gasteiger partial charge in [0.2, 0.25) is 10.0 Å². The molecule has 0 aromatic heterocycles. The van der Waals surface area contributed by atoms with Crippen LogP contribution in [0.3, 0.4) is 0 Å². The Labute approximate surface area is 155 Å². The van der Waals surface area contributed by atoms with Gasteiger partial charge in [0.1, 0.15) is 10.5 Å². The minimum Gasteiger partial charge on any atom is -0.497 e. The molecule has 0 bridgehead atoms. The summed E-state index contributed by atoms with van der Waals surface area (Å²) in [6.07, 6.45) is 1.39. The monoisotopic (exact) mass is 372 g/mol. The fourth-order valence-corrected chi connectivity index (χ4v) is 6.40. The third-order valence-electron chi connectivity index (χ3n) is 5.59. The molecule has 26 heavy (non-hydrogen) atoms. The van der Waals surface area contributed by atoms with Crippen molar-refractivity contribution in [1.82, 2.24) is 4.90 Å². The lowest BCUT2D eigenvalue weighted by Gasteiger charge is -2.26. The average molecular weight is 372 g/mol. The molecule has 2 aliphatic heterocycles. The van der Waals surface area contributed by atoms with E-state index in [1.54, 1.807) is 11.4 Å². The maximum absolute atomic E-state index is 13.3. The third kappa shape index (κ3) is 2.87. The number of likely N-dealkylation sites (tertiary alicyclic amines) is 1. The Kier molecular flexibility index (Phi) is 4.40. The largest absolute Gasteiger partial charge is 0.497 e. The fraction of sp³-hybridized carbons (Fsp3) is 0.400. The summed E-state index contributed by atoms with van der Waals surface area (Å²) in [7, 11) is -1.69. The Morgan fingerprint density at radius 1 is 1.04 bits per heavy atom. The normalized spacial score (nSPS) is 25.0. The van der Waals surface area contributed by atoms with Crippen molar-refractivity contribution in [3.8, 4) is 5.75 Å². The van der Waals surface area contributed by atoms with Crippen LogP contribution >= 0.6 is 0 Å². The van der Waals surface area contributed by atoms with Crippen molar-refractivity contribution in [1.29, 1.82) is 0 Å². The van der Waals surface area contributed by atoms with E-state index in [4.69, 9.17) is 4.74 Å². The number of sulfonamides is 1. The lowest BCUT2D eigenvalue weighted by molar-refractivity contribution is 0.319. The van der Waals surface area contributed by atoms with Crippen LogP contribution in [0.25, 0.3) is 0 Å². The second-order valence-corrected chi connectivity index (χ2v) is 9.41. The Hall–Kier alpha value is -2.05. The number of benzene rings is 2. The van der Waals surface area contributed by atoms with Crippen molar-refractivity contribution in [3.63, 3.8) is 0 Å². The predicted molar refractivity (Wildman–Crippen MR) is 103 cm³/mol. The number of hydrogen-bond donors (Lipinski definition) is 0. The standard InChI is InChI=1S/C20H24N2O3S/c1-25-19-9-5-6-17(14-19)15-21-12-10-20(16-21)11-13-22(26(20,23)24)18-7-3-2-4-8-18/h2-9,14H,10-13,15-16H2,1H3/t20-/m0/s1. The Balaban J connectivity index is 1.52. The molecule has 2 saturated heterocycles. The number of para-hydroxylation sites is 1. The van der Waals surface area contributed by atoms with Crippen LogP contribution in [0.4, 0.5) is 5.69 Å². The van der Waals surface area contributed by atoms with Gasteiger partial charge < -0.3 is 4.74 Å². The van der Waals surface area contributed by atoms with Crippen LogP contribution in [0.2, 0.25) is 0 Å². The van der Waals surface area contributed by atoms with Gasteiger partial charge in [0.15, 0.2) is 0 Å². The maximum Gasteiger partial charge on any atom is 0.242 e. The summed E-state index contributed by atoms with van der Waals surface area (Å²) < 4.78 is 32.8. The highest BCUT2D eigenvalue weighted by Crippen LogP contribution is 2.42. The Morgan fingerprint density at radius 2 is 1.81 bits per heavy atom. The second kappa shape index (κ2) is 6.59. The summed E-state index contributed by atoms with van der Waals surface area (Å²) in [5.74, 6) is 0.833. The first-order chi connectivity index (χ1) is 12.5. The van der Waals surface area contributed by atoms with Gasteiger partial charge in [-0.3, -0.25) is 9.21 Å². The quantitative estimate of drug-likeness (QED) is 0.828. The summed E-state index contributed by atoms with van der Waals surface area (Å²) in [6, 6.07) is 17.4. The zero-order chi connectivity index (χ0) is 18.2. The van der Waals surface area contributed by atoms with Crippen molar-refractivity contribution in [2.24, 2.45) is 0 Å². The topological polar surface area (TPSA) is 49.9 Å². The van der Waals surface area contributed by atoms with Gasteiger partial charge >= 0.3 is 0 Å². The maximum atomic E-state index is 13.3. The first-order valence-corrected chi connectivity index (χ1v) is 10.4. The summed E-state index contributed by atoms with van der Waals surface area (Å²) >= 11 is 0. The van der Waals surface area contributed by atoms with Crippen LogP contribution in [0.1, 0.15) is 18.4 Å². The SMILES string of the molecule is COc1cccc(CN2CC[C@]3(CCN(c4ccccc4)S3(=O)=O)C2)c1. The summed E-state index contributed by atoms with van der Waals surface area (Å²) in [5.41, 5.74) is 1.92. The molecule has 2 aliphatic rings. The van der Waals surface area contributed by atoms with Crippen LogP contribution in [-0.2, 0) is 16.6 Å². The van der Waals surface area contributed by atoms with Gasteiger partial charge in [-0.25, -0.2) is 8.42 Å². The molecule has 1 atom stereocenters. The van der Waals surface area contributed by atoms with Crippen molar-refractivity contribution < 1.29 is 13.2 Å². The van der Waals surface area contributed by atoms with Gasteiger partial charge in [0.05, 0.1) is 12.8 Å². The van der Waals surface area contributed by atoms with E-state index in [0.29, 0.717) is 25.9 Å². The minimum absolute atomic E-state index is 0.569.